The van der Waals surface area contributed by atoms with Crippen LogP contribution in [0.4, 0.5) is 0 Å². The topological polar surface area (TPSA) is 73.6 Å². The molecule has 4 saturated carbocycles. The Morgan fingerprint density at radius 1 is 1.19 bits per heavy atom. The van der Waals surface area contributed by atoms with Crippen molar-refractivity contribution in [3.8, 4) is 11.5 Å². The van der Waals surface area contributed by atoms with Crippen LogP contribution in [0.3, 0.4) is 0 Å². The van der Waals surface area contributed by atoms with Crippen LogP contribution in [-0.4, -0.2) is 25.2 Å². The molecule has 0 saturated heterocycles. The van der Waals surface area contributed by atoms with Crippen molar-refractivity contribution >= 4 is 21.8 Å². The van der Waals surface area contributed by atoms with Crippen molar-refractivity contribution in [2.45, 2.75) is 50.6 Å². The van der Waals surface area contributed by atoms with Crippen LogP contribution in [0.2, 0.25) is 0 Å². The quantitative estimate of drug-likeness (QED) is 0.705. The molecule has 5 rings (SSSR count). The number of nitrogens with one attached hydrogen (secondary N) is 1. The van der Waals surface area contributed by atoms with Gasteiger partial charge in [0, 0.05) is 16.6 Å². The Kier molecular flexibility index (Phi) is 4.90. The van der Waals surface area contributed by atoms with E-state index in [9.17, 15) is 4.79 Å². The summed E-state index contributed by atoms with van der Waals surface area (Å²) in [5.74, 6) is 3.42. The molecule has 0 aliphatic heterocycles. The number of methoxy groups -OCH3 is 1. The summed E-state index contributed by atoms with van der Waals surface area (Å²) in [7, 11) is 1.61. The average Bonchev–Trinajstić information content (AvgIpc) is 2.57. The fraction of sp³-hybridized carbons (Fsp3) is 0.650. The first-order valence-corrected chi connectivity index (χ1v) is 10.3. The first-order valence-electron chi connectivity index (χ1n) is 9.49. The van der Waals surface area contributed by atoms with Gasteiger partial charge in [0.15, 0.2) is 18.1 Å². The minimum absolute atomic E-state index is 0.159. The molecule has 5 nitrogen and oxygen atoms in total. The summed E-state index contributed by atoms with van der Waals surface area (Å²) in [5.41, 5.74) is 6.63. The summed E-state index contributed by atoms with van der Waals surface area (Å²) in [6.07, 6.45) is 8.33. The molecule has 3 N–H and O–H groups in total. The van der Waals surface area contributed by atoms with Gasteiger partial charge in [-0.3, -0.25) is 4.79 Å². The maximum Gasteiger partial charge on any atom is 0.255 e. The highest BCUT2D eigenvalue weighted by Gasteiger charge is 2.50. The van der Waals surface area contributed by atoms with Gasteiger partial charge in [0.2, 0.25) is 0 Å². The summed E-state index contributed by atoms with van der Waals surface area (Å²) in [6.45, 7) is 0.646. The predicted molar refractivity (Wildman–Crippen MR) is 103 cm³/mol. The Morgan fingerprint density at radius 3 is 2.35 bits per heavy atom. The largest absolute Gasteiger partial charge is 0.493 e. The van der Waals surface area contributed by atoms with Crippen molar-refractivity contribution in [3.63, 3.8) is 0 Å². The van der Waals surface area contributed by atoms with E-state index in [1.807, 2.05) is 12.1 Å². The molecule has 142 valence electrons. The Morgan fingerprint density at radius 2 is 1.81 bits per heavy atom. The lowest BCUT2D eigenvalue weighted by Gasteiger charge is -2.57. The number of rotatable bonds is 7. The number of amides is 1. The van der Waals surface area contributed by atoms with Crippen LogP contribution in [0.5, 0.6) is 11.5 Å². The Labute approximate surface area is 163 Å². The van der Waals surface area contributed by atoms with E-state index in [1.165, 1.54) is 38.5 Å². The minimum atomic E-state index is -0.504. The van der Waals surface area contributed by atoms with E-state index in [0.29, 0.717) is 17.0 Å². The van der Waals surface area contributed by atoms with E-state index in [4.69, 9.17) is 15.2 Å². The van der Waals surface area contributed by atoms with Gasteiger partial charge in [0.1, 0.15) is 0 Å². The fourth-order valence-electron chi connectivity index (χ4n) is 5.74. The maximum absolute atomic E-state index is 11.0. The van der Waals surface area contributed by atoms with Crippen LogP contribution in [0, 0.1) is 17.8 Å². The minimum Gasteiger partial charge on any atom is -0.493 e. The molecule has 1 amide bonds. The summed E-state index contributed by atoms with van der Waals surface area (Å²) in [6, 6.07) is 3.84. The van der Waals surface area contributed by atoms with Crippen molar-refractivity contribution in [1.82, 2.24) is 5.32 Å². The number of benzene rings is 1. The molecule has 4 bridgehead atoms. The monoisotopic (exact) mass is 422 g/mol. The van der Waals surface area contributed by atoms with Crippen molar-refractivity contribution in [2.75, 3.05) is 13.7 Å². The fourth-order valence-corrected chi connectivity index (χ4v) is 6.21. The van der Waals surface area contributed by atoms with Gasteiger partial charge in [-0.2, -0.15) is 0 Å². The SMILES string of the molecule is COc1cc(CNC23CC4CC(CC(C4)C2)C3)c(Br)cc1OCC(N)=O. The molecule has 4 aliphatic rings. The molecule has 26 heavy (non-hydrogen) atoms. The molecule has 4 fully saturated rings. The van der Waals surface area contributed by atoms with Crippen LogP contribution < -0.4 is 20.5 Å². The van der Waals surface area contributed by atoms with Gasteiger partial charge in [-0.25, -0.2) is 0 Å². The molecule has 0 spiro atoms. The van der Waals surface area contributed by atoms with E-state index >= 15 is 0 Å². The number of hydrogen-bond acceptors (Lipinski definition) is 4. The maximum atomic E-state index is 11.0. The first kappa shape index (κ1) is 18.1. The molecular formula is C20H27BrN2O3. The molecule has 0 aromatic heterocycles. The summed E-state index contributed by atoms with van der Waals surface area (Å²) in [4.78, 5) is 11.0. The van der Waals surface area contributed by atoms with E-state index in [-0.39, 0.29) is 6.61 Å². The zero-order chi connectivity index (χ0) is 18.3. The van der Waals surface area contributed by atoms with Crippen LogP contribution >= 0.6 is 15.9 Å². The molecule has 1 aromatic carbocycles. The second-order valence-electron chi connectivity index (χ2n) is 8.40. The van der Waals surface area contributed by atoms with Crippen LogP contribution in [0.1, 0.15) is 44.1 Å². The zero-order valence-corrected chi connectivity index (χ0v) is 16.8. The van der Waals surface area contributed by atoms with Gasteiger partial charge < -0.3 is 20.5 Å². The number of hydrogen-bond donors (Lipinski definition) is 2. The first-order chi connectivity index (χ1) is 12.5. The molecular weight excluding hydrogens is 396 g/mol. The molecule has 0 unspecified atom stereocenters. The van der Waals surface area contributed by atoms with Crippen LogP contribution in [0.25, 0.3) is 0 Å². The van der Waals surface area contributed by atoms with E-state index in [0.717, 1.165) is 34.3 Å². The highest BCUT2D eigenvalue weighted by molar-refractivity contribution is 9.10. The molecule has 0 radical (unpaired) electrons. The lowest BCUT2D eigenvalue weighted by atomic mass is 9.53. The highest BCUT2D eigenvalue weighted by Crippen LogP contribution is 2.55. The lowest BCUT2D eigenvalue weighted by Crippen LogP contribution is -2.58. The Hall–Kier alpha value is -1.27. The Bertz CT molecular complexity index is 671. The molecule has 4 aliphatic carbocycles. The van der Waals surface area contributed by atoms with Gasteiger partial charge >= 0.3 is 0 Å². The van der Waals surface area contributed by atoms with Gasteiger partial charge in [0.25, 0.3) is 5.91 Å². The second-order valence-corrected chi connectivity index (χ2v) is 9.26. The summed E-state index contributed by atoms with van der Waals surface area (Å²) >= 11 is 3.64. The number of carbonyl (C=O) groups is 1. The predicted octanol–water partition coefficient (Wildman–Crippen LogP) is 3.38. The third-order valence-corrected chi connectivity index (χ3v) is 7.13. The third-order valence-electron chi connectivity index (χ3n) is 6.39. The van der Waals surface area contributed by atoms with Gasteiger partial charge in [-0.1, -0.05) is 15.9 Å². The van der Waals surface area contributed by atoms with Crippen molar-refractivity contribution in [3.05, 3.63) is 22.2 Å². The number of nitrogens with two attached hydrogens (primary N) is 1. The summed E-state index contributed by atoms with van der Waals surface area (Å²) in [5, 5.41) is 3.90. The van der Waals surface area contributed by atoms with Crippen molar-refractivity contribution < 1.29 is 14.3 Å². The number of ether oxygens (including phenoxy) is 2. The van der Waals surface area contributed by atoms with Crippen LogP contribution in [-0.2, 0) is 11.3 Å². The third kappa shape index (κ3) is 3.58. The number of primary amides is 1. The Balaban J connectivity index is 1.47. The molecule has 1 aromatic rings. The highest BCUT2D eigenvalue weighted by atomic mass is 79.9. The van der Waals surface area contributed by atoms with E-state index in [2.05, 4.69) is 21.2 Å². The average molecular weight is 423 g/mol. The smallest absolute Gasteiger partial charge is 0.255 e. The number of carbonyl (C=O) groups excluding carboxylic acids is 1. The van der Waals surface area contributed by atoms with Crippen LogP contribution in [0.15, 0.2) is 16.6 Å². The standard InChI is InChI=1S/C20H27BrN2O3/c1-25-17-5-15(16(21)6-18(17)26-11-19(22)24)10-23-20-7-12-2-13(8-20)4-14(3-12)9-20/h5-6,12-14,23H,2-4,7-11H2,1H3,(H2,22,24). The molecule has 0 heterocycles. The van der Waals surface area contributed by atoms with Gasteiger partial charge in [-0.05, 0) is 74.0 Å². The van der Waals surface area contributed by atoms with Crippen molar-refractivity contribution in [2.24, 2.45) is 23.5 Å². The zero-order valence-electron chi connectivity index (χ0n) is 15.2. The second kappa shape index (κ2) is 7.04. The summed E-state index contributed by atoms with van der Waals surface area (Å²) < 4.78 is 11.9. The van der Waals surface area contributed by atoms with Gasteiger partial charge in [-0.15, -0.1) is 0 Å². The molecule has 6 heteroatoms. The van der Waals surface area contributed by atoms with Crippen molar-refractivity contribution in [1.29, 1.82) is 0 Å². The van der Waals surface area contributed by atoms with E-state index in [1.54, 1.807) is 7.11 Å². The van der Waals surface area contributed by atoms with E-state index < -0.39 is 5.91 Å². The lowest BCUT2D eigenvalue weighted by molar-refractivity contribution is -0.119. The van der Waals surface area contributed by atoms with Gasteiger partial charge in [0.05, 0.1) is 7.11 Å². The number of halogens is 1. The molecule has 0 atom stereocenters. The normalized spacial score (nSPS) is 31.8.